The third kappa shape index (κ3) is 2.24. The summed E-state index contributed by atoms with van der Waals surface area (Å²) in [6.45, 7) is 3.63. The smallest absolute Gasteiger partial charge is 0.310 e. The molecule has 0 aliphatic carbocycles. The van der Waals surface area contributed by atoms with Crippen LogP contribution in [0, 0.1) is 5.92 Å². The van der Waals surface area contributed by atoms with E-state index >= 15 is 0 Å². The van der Waals surface area contributed by atoms with Crippen molar-refractivity contribution in [3.05, 3.63) is 35.4 Å². The lowest BCUT2D eigenvalue weighted by molar-refractivity contribution is -0.154. The minimum atomic E-state index is -0.302. The van der Waals surface area contributed by atoms with E-state index in [4.69, 9.17) is 4.74 Å². The Kier molecular flexibility index (Phi) is 3.57. The average Bonchev–Trinajstić information content (AvgIpc) is 2.46. The lowest BCUT2D eigenvalue weighted by Gasteiger charge is -2.41. The fourth-order valence-electron chi connectivity index (χ4n) is 3.31. The second-order valence-electron chi connectivity index (χ2n) is 5.47. The third-order valence-electron chi connectivity index (χ3n) is 4.21. The quantitative estimate of drug-likeness (QED) is 0.770. The molecular formula is C16H19NO3. The van der Waals surface area contributed by atoms with Crippen LogP contribution in [0.4, 0.5) is 0 Å². The molecule has 4 heteroatoms. The number of piperidine rings is 1. The van der Waals surface area contributed by atoms with E-state index in [2.05, 4.69) is 11.0 Å². The zero-order valence-electron chi connectivity index (χ0n) is 11.7. The standard InChI is InChI=1S/C16H19NO3/c1-2-20-16(19)12-9-14(18)15-13-6-4-3-5-11(13)7-8-17(15)10-12/h3-6,12,15H,2,7-10H2,1H3. The van der Waals surface area contributed by atoms with Crippen LogP contribution in [-0.4, -0.2) is 36.3 Å². The molecule has 2 atom stereocenters. The molecule has 2 aliphatic rings. The Morgan fingerprint density at radius 2 is 2.20 bits per heavy atom. The largest absolute Gasteiger partial charge is 0.466 e. The van der Waals surface area contributed by atoms with Crippen LogP contribution < -0.4 is 0 Å². The summed E-state index contributed by atoms with van der Waals surface area (Å²) in [7, 11) is 0. The number of carbonyl (C=O) groups is 2. The molecule has 1 aromatic carbocycles. The van der Waals surface area contributed by atoms with Crippen molar-refractivity contribution >= 4 is 11.8 Å². The fourth-order valence-corrected chi connectivity index (χ4v) is 3.31. The molecule has 0 radical (unpaired) electrons. The molecule has 0 N–H and O–H groups in total. The van der Waals surface area contributed by atoms with Gasteiger partial charge < -0.3 is 4.74 Å². The van der Waals surface area contributed by atoms with E-state index in [-0.39, 0.29) is 23.7 Å². The van der Waals surface area contributed by atoms with Crippen molar-refractivity contribution in [1.82, 2.24) is 4.90 Å². The summed E-state index contributed by atoms with van der Waals surface area (Å²) in [5, 5.41) is 0. The minimum Gasteiger partial charge on any atom is -0.466 e. The summed E-state index contributed by atoms with van der Waals surface area (Å²) in [5.41, 5.74) is 2.38. The van der Waals surface area contributed by atoms with Crippen LogP contribution in [0.2, 0.25) is 0 Å². The molecule has 1 saturated heterocycles. The predicted octanol–water partition coefficient (Wildman–Crippen LogP) is 1.74. The highest BCUT2D eigenvalue weighted by Crippen LogP contribution is 2.36. The van der Waals surface area contributed by atoms with Crippen molar-refractivity contribution in [2.45, 2.75) is 25.8 Å². The summed E-state index contributed by atoms with van der Waals surface area (Å²) < 4.78 is 5.06. The monoisotopic (exact) mass is 273 g/mol. The molecule has 0 saturated carbocycles. The van der Waals surface area contributed by atoms with E-state index in [9.17, 15) is 9.59 Å². The topological polar surface area (TPSA) is 46.6 Å². The summed E-state index contributed by atoms with van der Waals surface area (Å²) in [6, 6.07) is 7.97. The molecule has 0 spiro atoms. The molecule has 0 aromatic heterocycles. The van der Waals surface area contributed by atoms with Crippen molar-refractivity contribution < 1.29 is 14.3 Å². The van der Waals surface area contributed by atoms with Crippen molar-refractivity contribution in [3.8, 4) is 0 Å². The van der Waals surface area contributed by atoms with Crippen LogP contribution in [0.3, 0.4) is 0 Å². The SMILES string of the molecule is CCOC(=O)C1CC(=O)C2c3ccccc3CCN2C1. The zero-order valence-corrected chi connectivity index (χ0v) is 11.7. The van der Waals surface area contributed by atoms with E-state index in [1.54, 1.807) is 6.92 Å². The number of hydrogen-bond acceptors (Lipinski definition) is 4. The van der Waals surface area contributed by atoms with Gasteiger partial charge in [-0.2, -0.15) is 0 Å². The number of Topliss-reactive ketones (excluding diaryl/α,β-unsaturated/α-hetero) is 1. The number of benzene rings is 1. The van der Waals surface area contributed by atoms with Crippen molar-refractivity contribution in [1.29, 1.82) is 0 Å². The Hall–Kier alpha value is -1.68. The van der Waals surface area contributed by atoms with Gasteiger partial charge in [-0.05, 0) is 24.5 Å². The number of nitrogens with zero attached hydrogens (tertiary/aromatic N) is 1. The van der Waals surface area contributed by atoms with Gasteiger partial charge in [0.05, 0.1) is 18.6 Å². The van der Waals surface area contributed by atoms with Gasteiger partial charge in [0.25, 0.3) is 0 Å². The molecule has 106 valence electrons. The van der Waals surface area contributed by atoms with Crippen LogP contribution in [0.15, 0.2) is 24.3 Å². The maximum atomic E-state index is 12.5. The molecular weight excluding hydrogens is 254 g/mol. The Bertz CT molecular complexity index is 540. The van der Waals surface area contributed by atoms with E-state index in [0.29, 0.717) is 19.6 Å². The fraction of sp³-hybridized carbons (Fsp3) is 0.500. The number of hydrogen-bond donors (Lipinski definition) is 0. The van der Waals surface area contributed by atoms with Gasteiger partial charge in [-0.15, -0.1) is 0 Å². The van der Waals surface area contributed by atoms with E-state index in [1.807, 2.05) is 18.2 Å². The highest BCUT2D eigenvalue weighted by Gasteiger charge is 2.41. The number of carbonyl (C=O) groups excluding carboxylic acids is 2. The zero-order chi connectivity index (χ0) is 14.1. The minimum absolute atomic E-state index is 0.140. The molecule has 1 fully saturated rings. The maximum Gasteiger partial charge on any atom is 0.310 e. The van der Waals surface area contributed by atoms with E-state index in [0.717, 1.165) is 18.5 Å². The molecule has 0 bridgehead atoms. The summed E-state index contributed by atoms with van der Waals surface area (Å²) >= 11 is 0. The predicted molar refractivity (Wildman–Crippen MR) is 74.2 cm³/mol. The van der Waals surface area contributed by atoms with Gasteiger partial charge in [0.15, 0.2) is 5.78 Å². The first-order valence-electron chi connectivity index (χ1n) is 7.22. The van der Waals surface area contributed by atoms with Gasteiger partial charge >= 0.3 is 5.97 Å². The first-order chi connectivity index (χ1) is 9.70. The number of rotatable bonds is 2. The van der Waals surface area contributed by atoms with Crippen LogP contribution in [0.1, 0.15) is 30.5 Å². The van der Waals surface area contributed by atoms with Crippen molar-refractivity contribution in [2.75, 3.05) is 19.7 Å². The lowest BCUT2D eigenvalue weighted by atomic mass is 9.82. The summed E-state index contributed by atoms with van der Waals surface area (Å²) in [5.74, 6) is -0.399. The van der Waals surface area contributed by atoms with Gasteiger partial charge in [-0.1, -0.05) is 24.3 Å². The third-order valence-corrected chi connectivity index (χ3v) is 4.21. The molecule has 0 amide bonds. The van der Waals surface area contributed by atoms with Gasteiger partial charge in [-0.3, -0.25) is 14.5 Å². The van der Waals surface area contributed by atoms with Gasteiger partial charge in [0.2, 0.25) is 0 Å². The lowest BCUT2D eigenvalue weighted by Crippen LogP contribution is -2.49. The highest BCUT2D eigenvalue weighted by atomic mass is 16.5. The number of fused-ring (bicyclic) bond motifs is 3. The number of ketones is 1. The normalized spacial score (nSPS) is 25.8. The van der Waals surface area contributed by atoms with Crippen molar-refractivity contribution in [3.63, 3.8) is 0 Å². The Labute approximate surface area is 118 Å². The number of ether oxygens (including phenoxy) is 1. The van der Waals surface area contributed by atoms with Crippen LogP contribution >= 0.6 is 0 Å². The first kappa shape index (κ1) is 13.3. The van der Waals surface area contributed by atoms with Crippen LogP contribution in [0.25, 0.3) is 0 Å². The molecule has 20 heavy (non-hydrogen) atoms. The molecule has 2 aliphatic heterocycles. The van der Waals surface area contributed by atoms with Gasteiger partial charge in [-0.25, -0.2) is 0 Å². The Balaban J connectivity index is 1.83. The van der Waals surface area contributed by atoms with Crippen LogP contribution in [0.5, 0.6) is 0 Å². The summed E-state index contributed by atoms with van der Waals surface area (Å²) in [4.78, 5) is 26.5. The maximum absolute atomic E-state index is 12.5. The molecule has 3 rings (SSSR count). The second kappa shape index (κ2) is 5.37. The number of esters is 1. The average molecular weight is 273 g/mol. The first-order valence-corrected chi connectivity index (χ1v) is 7.22. The van der Waals surface area contributed by atoms with Gasteiger partial charge in [0.1, 0.15) is 0 Å². The van der Waals surface area contributed by atoms with E-state index < -0.39 is 0 Å². The van der Waals surface area contributed by atoms with E-state index in [1.165, 1.54) is 5.56 Å². The second-order valence-corrected chi connectivity index (χ2v) is 5.47. The molecule has 1 aromatic rings. The highest BCUT2D eigenvalue weighted by molar-refractivity contribution is 5.91. The Morgan fingerprint density at radius 3 is 3.00 bits per heavy atom. The van der Waals surface area contributed by atoms with Crippen LogP contribution in [-0.2, 0) is 20.7 Å². The van der Waals surface area contributed by atoms with Crippen molar-refractivity contribution in [2.24, 2.45) is 5.92 Å². The molecule has 4 nitrogen and oxygen atoms in total. The molecule has 2 heterocycles. The van der Waals surface area contributed by atoms with Gasteiger partial charge in [0, 0.05) is 19.5 Å². The summed E-state index contributed by atoms with van der Waals surface area (Å²) in [6.07, 6.45) is 1.24. The Morgan fingerprint density at radius 1 is 1.40 bits per heavy atom. The molecule has 2 unspecified atom stereocenters.